The first-order chi connectivity index (χ1) is 34.6. The van der Waals surface area contributed by atoms with Crippen LogP contribution in [0.2, 0.25) is 0 Å². The second-order valence-electron chi connectivity index (χ2n) is 19.6. The number of alkyl halides is 6. The molecule has 9 rings (SSSR count). The van der Waals surface area contributed by atoms with Gasteiger partial charge in [-0.15, -0.1) is 82.9 Å². The molecule has 0 unspecified atom stereocenters. The van der Waals surface area contributed by atoms with Crippen molar-refractivity contribution in [2.75, 3.05) is 4.90 Å². The molecule has 378 valence electrons. The predicted molar refractivity (Wildman–Crippen MR) is 285 cm³/mol. The Labute approximate surface area is 445 Å². The molecule has 0 fully saturated rings. The van der Waals surface area contributed by atoms with Crippen LogP contribution in [0.4, 0.5) is 43.4 Å². The molecule has 0 saturated heterocycles. The van der Waals surface area contributed by atoms with Crippen LogP contribution in [0.25, 0.3) is 33.6 Å². The van der Waals surface area contributed by atoms with E-state index < -0.39 is 30.6 Å². The first kappa shape index (κ1) is 55.0. The van der Waals surface area contributed by atoms with E-state index in [9.17, 15) is 26.3 Å². The number of para-hydroxylation sites is 2. The summed E-state index contributed by atoms with van der Waals surface area (Å²) in [5, 5.41) is 0.359. The molecule has 74 heavy (non-hydrogen) atoms. The average molecular weight is 1200 g/mol. The fourth-order valence-electron chi connectivity index (χ4n) is 8.23. The molecule has 0 spiro atoms. The van der Waals surface area contributed by atoms with Gasteiger partial charge in [-0.3, -0.25) is 0 Å². The molecule has 9 aromatic rings. The van der Waals surface area contributed by atoms with Gasteiger partial charge >= 0.3 is 34.7 Å². The third-order valence-corrected chi connectivity index (χ3v) is 15.5. The van der Waals surface area contributed by atoms with E-state index in [1.165, 1.54) is 0 Å². The van der Waals surface area contributed by atoms with Crippen LogP contribution in [-0.4, -0.2) is 4.98 Å². The predicted octanol–water partition coefficient (Wildman–Crippen LogP) is 16.9. The van der Waals surface area contributed by atoms with E-state index in [0.29, 0.717) is 11.4 Å². The summed E-state index contributed by atoms with van der Waals surface area (Å²) in [4.78, 5) is 7.23. The van der Waals surface area contributed by atoms with E-state index in [4.69, 9.17) is 4.98 Å². The minimum Gasteiger partial charge on any atom is -0.345 e. The summed E-state index contributed by atoms with van der Waals surface area (Å²) in [5.74, 6) is 0. The van der Waals surface area contributed by atoms with Gasteiger partial charge in [0.1, 0.15) is 0 Å². The van der Waals surface area contributed by atoms with Gasteiger partial charge in [0, 0.05) is 27.3 Å². The quantitative estimate of drug-likeness (QED) is 0.0625. The van der Waals surface area contributed by atoms with Gasteiger partial charge in [0.15, 0.2) is 7.14 Å². The third-order valence-electron chi connectivity index (χ3n) is 12.4. The largest absolute Gasteiger partial charge is 3.00 e. The van der Waals surface area contributed by atoms with E-state index in [1.54, 1.807) is 24.3 Å². The van der Waals surface area contributed by atoms with Crippen LogP contribution in [0.15, 0.2) is 206 Å². The normalized spacial score (nSPS) is 12.0. The van der Waals surface area contributed by atoms with Crippen molar-refractivity contribution in [1.29, 1.82) is 0 Å². The molecule has 0 bridgehead atoms. The molecule has 0 N–H and O–H groups in total. The third kappa shape index (κ3) is 12.8. The molecular formula is C63H52AuF6N2OP. The summed E-state index contributed by atoms with van der Waals surface area (Å²) in [5.41, 5.74) is 8.09. The first-order valence-corrected chi connectivity index (χ1v) is 25.3. The van der Waals surface area contributed by atoms with Gasteiger partial charge in [-0.2, -0.15) is 44.5 Å². The van der Waals surface area contributed by atoms with Crippen molar-refractivity contribution in [1.82, 2.24) is 4.98 Å². The zero-order chi connectivity index (χ0) is 52.2. The summed E-state index contributed by atoms with van der Waals surface area (Å²) in [6, 6.07) is 69.0. The monoisotopic (exact) mass is 1190 g/mol. The number of halogens is 6. The fourth-order valence-corrected chi connectivity index (χ4v) is 10.8. The van der Waals surface area contributed by atoms with Crippen molar-refractivity contribution in [3.05, 3.63) is 247 Å². The van der Waals surface area contributed by atoms with Crippen LogP contribution in [0, 0.1) is 18.2 Å². The van der Waals surface area contributed by atoms with Crippen molar-refractivity contribution in [2.45, 2.75) is 64.7 Å². The van der Waals surface area contributed by atoms with Crippen molar-refractivity contribution < 1.29 is 53.3 Å². The van der Waals surface area contributed by atoms with Gasteiger partial charge < -0.3 is 14.4 Å². The van der Waals surface area contributed by atoms with Crippen LogP contribution >= 0.6 is 7.14 Å². The zero-order valence-electron chi connectivity index (χ0n) is 41.4. The number of benzene rings is 8. The number of hydrogen-bond donors (Lipinski definition) is 0. The Hall–Kier alpha value is -6.74. The van der Waals surface area contributed by atoms with Crippen molar-refractivity contribution in [3.8, 4) is 33.6 Å². The number of pyridine rings is 1. The Morgan fingerprint density at radius 1 is 0.432 bits per heavy atom. The molecule has 3 nitrogen and oxygen atoms in total. The second-order valence-corrected chi connectivity index (χ2v) is 22.4. The molecule has 0 amide bonds. The molecule has 11 heteroatoms. The summed E-state index contributed by atoms with van der Waals surface area (Å²) in [7, 11) is -3.94. The van der Waals surface area contributed by atoms with Gasteiger partial charge in [0.25, 0.3) is 0 Å². The molecular weight excluding hydrogens is 1140 g/mol. The van der Waals surface area contributed by atoms with Gasteiger partial charge in [-0.25, -0.2) is 0 Å². The van der Waals surface area contributed by atoms with Gasteiger partial charge in [0.05, 0.1) is 11.1 Å². The van der Waals surface area contributed by atoms with Crippen molar-refractivity contribution >= 4 is 40.1 Å². The smallest absolute Gasteiger partial charge is 0.345 e. The van der Waals surface area contributed by atoms with E-state index >= 15 is 4.57 Å². The van der Waals surface area contributed by atoms with E-state index in [-0.39, 0.29) is 49.1 Å². The Balaban J connectivity index is 0.000000333. The molecule has 0 atom stereocenters. The maximum absolute atomic E-state index is 15.1. The van der Waals surface area contributed by atoms with E-state index in [1.807, 2.05) is 60.7 Å². The van der Waals surface area contributed by atoms with Gasteiger partial charge in [0.2, 0.25) is 0 Å². The number of rotatable bonds is 9. The number of anilines is 3. The summed E-state index contributed by atoms with van der Waals surface area (Å²) < 4.78 is 95.7. The zero-order valence-corrected chi connectivity index (χ0v) is 44.5. The maximum atomic E-state index is 15.1. The minimum absolute atomic E-state index is 0. The molecule has 1 aromatic heterocycles. The van der Waals surface area contributed by atoms with Crippen LogP contribution in [-0.2, 0) is 50.1 Å². The Morgan fingerprint density at radius 3 is 1.12 bits per heavy atom. The topological polar surface area (TPSA) is 33.2 Å². The molecule has 8 aromatic carbocycles. The number of aromatic nitrogens is 1. The van der Waals surface area contributed by atoms with Crippen molar-refractivity contribution in [3.63, 3.8) is 0 Å². The van der Waals surface area contributed by atoms with Crippen molar-refractivity contribution in [2.24, 2.45) is 0 Å². The van der Waals surface area contributed by atoms with Crippen LogP contribution in [0.1, 0.15) is 63.8 Å². The van der Waals surface area contributed by atoms with Crippen LogP contribution < -0.4 is 20.8 Å². The van der Waals surface area contributed by atoms with Crippen LogP contribution in [0.5, 0.6) is 0 Å². The van der Waals surface area contributed by atoms with Gasteiger partial charge in [-0.05, 0) is 81.9 Å². The van der Waals surface area contributed by atoms with Crippen LogP contribution in [0.3, 0.4) is 0 Å². The molecule has 0 aliphatic carbocycles. The number of hydrogen-bond acceptors (Lipinski definition) is 3. The Morgan fingerprint density at radius 2 is 0.784 bits per heavy atom. The average Bonchev–Trinajstić information content (AvgIpc) is 3.39. The maximum Gasteiger partial charge on any atom is 3.00 e. The number of nitrogens with zero attached hydrogens (tertiary/aromatic N) is 2. The summed E-state index contributed by atoms with van der Waals surface area (Å²) in [6.07, 6.45) is -9.25. The minimum atomic E-state index is -4.63. The second kappa shape index (κ2) is 22.4. The molecule has 1 heterocycles. The molecule has 0 radical (unpaired) electrons. The first-order valence-electron chi connectivity index (χ1n) is 23.6. The Bertz CT molecular complexity index is 3070. The standard InChI is InChI=1S/C45H38F6NOP.C18H14N.Au/c1-42(2,3)33-13-7-30(8-14-33)40-27-32(28-41(52-40)31-9-15-34(16-10-31)43(4,5)6)29-11-21-37(22-12-29)54(53,38-23-17-35(18-24-38)44(46,47)48)39-25-19-36(20-26-39)45(49,50)51;1-4-10-16(11-5-1)19(17-12-6-2-7-13-17)18-14-8-3-9-15-18;/h7,9,11-28H,1-6H3;1-2,4-15H;/q-2;-1;+3. The van der Waals surface area contributed by atoms with Gasteiger partial charge in [-0.1, -0.05) is 144 Å². The Kier molecular flexibility index (Phi) is 16.6. The SMILES string of the molecule is CC(C)(C)c1c[c-]c(-c2cc(-c3ccc(P(=O)(c4ccc(C(F)(F)F)cc4)c4ccc(C(F)(F)F)cc4)cc3)cc(-c3[c-]cc(C(C)(C)C)cc3)n2)cc1.[Au+3].[c-]1ccc(N(c2ccccc2)c2ccccc2)cc1. The van der Waals surface area contributed by atoms with E-state index in [0.717, 1.165) is 99.0 Å². The molecule has 0 saturated carbocycles. The fraction of sp³-hybridized carbons (Fsp3) is 0.159. The summed E-state index contributed by atoms with van der Waals surface area (Å²) >= 11 is 0. The molecule has 0 aliphatic rings. The molecule has 0 aliphatic heterocycles. The summed E-state index contributed by atoms with van der Waals surface area (Å²) in [6.45, 7) is 12.8. The van der Waals surface area contributed by atoms with E-state index in [2.05, 4.69) is 137 Å².